The first kappa shape index (κ1) is 35.4. The van der Waals surface area contributed by atoms with Gasteiger partial charge in [-0.05, 0) is 53.6 Å². The van der Waals surface area contributed by atoms with Crippen molar-refractivity contribution < 1.29 is 0 Å². The van der Waals surface area contributed by atoms with E-state index in [0.29, 0.717) is 23.5 Å². The van der Waals surface area contributed by atoms with E-state index >= 15 is 0 Å². The van der Waals surface area contributed by atoms with Crippen molar-refractivity contribution in [1.29, 1.82) is 0 Å². The second-order valence-corrected chi connectivity index (χ2v) is 15.4. The Morgan fingerprint density at radius 1 is 0.242 bits per heavy atom. The standard InChI is InChI=1S/C55H35N7/c1-5-17-36(18-6-1)46-35-47(37-19-7-2-8-20-37)57-54(56-46)61-48-27-15-13-25-42(48)44-33-40(29-31-50(44)61)41-30-32-51-45(34-41)43-26-14-16-28-49(43)62(51)55-59-52(38-21-9-3-10-22-38)58-53(60-55)39-23-11-4-12-24-39/h1-35H. The number of benzene rings is 8. The van der Waals surface area contributed by atoms with Crippen LogP contribution in [-0.4, -0.2) is 34.1 Å². The molecule has 62 heavy (non-hydrogen) atoms. The largest absolute Gasteiger partial charge is 0.278 e. The lowest BCUT2D eigenvalue weighted by atomic mass is 10.0. The molecule has 0 atom stereocenters. The number of hydrogen-bond donors (Lipinski definition) is 0. The number of nitrogens with zero attached hydrogens (tertiary/aromatic N) is 7. The van der Waals surface area contributed by atoms with Crippen molar-refractivity contribution in [1.82, 2.24) is 34.1 Å². The van der Waals surface area contributed by atoms with E-state index in [1.807, 2.05) is 97.1 Å². The zero-order valence-corrected chi connectivity index (χ0v) is 33.3. The third-order valence-electron chi connectivity index (χ3n) is 11.6. The highest BCUT2D eigenvalue weighted by molar-refractivity contribution is 6.12. The zero-order valence-electron chi connectivity index (χ0n) is 33.3. The number of rotatable bonds is 7. The summed E-state index contributed by atoms with van der Waals surface area (Å²) in [6.45, 7) is 0. The lowest BCUT2D eigenvalue weighted by Gasteiger charge is -2.12. The highest BCUT2D eigenvalue weighted by Crippen LogP contribution is 2.39. The first-order chi connectivity index (χ1) is 30.7. The fraction of sp³-hybridized carbons (Fsp3) is 0. The lowest BCUT2D eigenvalue weighted by Crippen LogP contribution is -2.06. The summed E-state index contributed by atoms with van der Waals surface area (Å²) in [7, 11) is 0. The van der Waals surface area contributed by atoms with E-state index in [1.165, 1.54) is 0 Å². The number of fused-ring (bicyclic) bond motifs is 6. The van der Waals surface area contributed by atoms with Crippen molar-refractivity contribution >= 4 is 43.6 Å². The molecule has 12 aromatic rings. The molecule has 0 bridgehead atoms. The van der Waals surface area contributed by atoms with Crippen molar-refractivity contribution in [2.45, 2.75) is 0 Å². The van der Waals surface area contributed by atoms with Crippen LogP contribution in [0.2, 0.25) is 0 Å². The maximum Gasteiger partial charge on any atom is 0.238 e. The molecule has 0 amide bonds. The predicted molar refractivity (Wildman–Crippen MR) is 251 cm³/mol. The Hall–Kier alpha value is -8.55. The van der Waals surface area contributed by atoms with Crippen LogP contribution in [0, 0.1) is 0 Å². The molecule has 8 aromatic carbocycles. The van der Waals surface area contributed by atoms with Crippen LogP contribution in [0.25, 0.3) is 112 Å². The molecule has 0 N–H and O–H groups in total. The Balaban J connectivity index is 1.02. The Labute approximate surface area is 356 Å². The maximum absolute atomic E-state index is 5.22. The summed E-state index contributed by atoms with van der Waals surface area (Å²) in [6, 6.07) is 73.4. The molecular formula is C55H35N7. The van der Waals surface area contributed by atoms with Gasteiger partial charge in [-0.25, -0.2) is 15.0 Å². The van der Waals surface area contributed by atoms with E-state index in [4.69, 9.17) is 24.9 Å². The van der Waals surface area contributed by atoms with Gasteiger partial charge < -0.3 is 0 Å². The van der Waals surface area contributed by atoms with Gasteiger partial charge in [-0.1, -0.05) is 170 Å². The quantitative estimate of drug-likeness (QED) is 0.161. The van der Waals surface area contributed by atoms with Crippen LogP contribution >= 0.6 is 0 Å². The van der Waals surface area contributed by atoms with Crippen LogP contribution < -0.4 is 0 Å². The minimum absolute atomic E-state index is 0.569. The van der Waals surface area contributed by atoms with Gasteiger partial charge in [0.25, 0.3) is 0 Å². The van der Waals surface area contributed by atoms with E-state index in [0.717, 1.165) is 88.4 Å². The van der Waals surface area contributed by atoms with Gasteiger partial charge in [-0.3, -0.25) is 9.13 Å². The van der Waals surface area contributed by atoms with E-state index in [1.54, 1.807) is 0 Å². The van der Waals surface area contributed by atoms with E-state index < -0.39 is 0 Å². The van der Waals surface area contributed by atoms with Gasteiger partial charge >= 0.3 is 0 Å². The topological polar surface area (TPSA) is 74.3 Å². The van der Waals surface area contributed by atoms with E-state index in [2.05, 4.69) is 124 Å². The summed E-state index contributed by atoms with van der Waals surface area (Å²) >= 11 is 0. The van der Waals surface area contributed by atoms with Gasteiger partial charge in [0.05, 0.1) is 33.5 Å². The Bertz CT molecular complexity index is 3260. The highest BCUT2D eigenvalue weighted by atomic mass is 15.2. The SMILES string of the molecule is c1ccc(-c2cc(-c3ccccc3)nc(-n3c4ccccc4c4cc(-c5ccc6c(c5)c5ccccc5n6-c5nc(-c6ccccc6)nc(-c6ccccc6)n5)ccc43)n2)cc1. The minimum Gasteiger partial charge on any atom is -0.278 e. The molecule has 0 radical (unpaired) electrons. The Kier molecular flexibility index (Phi) is 8.35. The normalized spacial score (nSPS) is 11.5. The second-order valence-electron chi connectivity index (χ2n) is 15.4. The lowest BCUT2D eigenvalue weighted by molar-refractivity contribution is 0.953. The summed E-state index contributed by atoms with van der Waals surface area (Å²) in [4.78, 5) is 25.6. The van der Waals surface area contributed by atoms with Crippen molar-refractivity contribution in [3.05, 3.63) is 212 Å². The van der Waals surface area contributed by atoms with Crippen LogP contribution in [0.5, 0.6) is 0 Å². The molecule has 290 valence electrons. The molecule has 0 unspecified atom stereocenters. The molecule has 4 heterocycles. The summed E-state index contributed by atoms with van der Waals surface area (Å²) < 4.78 is 4.37. The van der Waals surface area contributed by atoms with E-state index in [-0.39, 0.29) is 0 Å². The van der Waals surface area contributed by atoms with E-state index in [9.17, 15) is 0 Å². The van der Waals surface area contributed by atoms with Crippen molar-refractivity contribution in [2.75, 3.05) is 0 Å². The van der Waals surface area contributed by atoms with Crippen LogP contribution in [0.3, 0.4) is 0 Å². The van der Waals surface area contributed by atoms with Crippen molar-refractivity contribution in [2.24, 2.45) is 0 Å². The van der Waals surface area contributed by atoms with Gasteiger partial charge in [0.1, 0.15) is 0 Å². The molecule has 7 nitrogen and oxygen atoms in total. The number of para-hydroxylation sites is 2. The molecule has 0 aliphatic heterocycles. The van der Waals surface area contributed by atoms with Gasteiger partial charge in [-0.15, -0.1) is 0 Å². The first-order valence-electron chi connectivity index (χ1n) is 20.7. The second kappa shape index (κ2) is 14.6. The summed E-state index contributed by atoms with van der Waals surface area (Å²) in [5.41, 5.74) is 12.0. The molecule has 4 aromatic heterocycles. The Morgan fingerprint density at radius 2 is 0.597 bits per heavy atom. The fourth-order valence-electron chi connectivity index (χ4n) is 8.68. The molecule has 0 fully saturated rings. The van der Waals surface area contributed by atoms with Crippen LogP contribution in [0.15, 0.2) is 212 Å². The molecule has 7 heteroatoms. The third kappa shape index (κ3) is 6.02. The van der Waals surface area contributed by atoms with Gasteiger partial charge in [0.2, 0.25) is 11.9 Å². The molecule has 0 aliphatic rings. The van der Waals surface area contributed by atoms with Crippen LogP contribution in [0.4, 0.5) is 0 Å². The van der Waals surface area contributed by atoms with Crippen LogP contribution in [-0.2, 0) is 0 Å². The minimum atomic E-state index is 0.569. The molecule has 0 aliphatic carbocycles. The maximum atomic E-state index is 5.22. The zero-order chi connectivity index (χ0) is 41.0. The summed E-state index contributed by atoms with van der Waals surface area (Å²) in [6.07, 6.45) is 0. The fourth-order valence-corrected chi connectivity index (χ4v) is 8.68. The first-order valence-corrected chi connectivity index (χ1v) is 20.7. The summed E-state index contributed by atoms with van der Waals surface area (Å²) in [5.74, 6) is 2.44. The van der Waals surface area contributed by atoms with Gasteiger partial charge in [0, 0.05) is 43.8 Å². The van der Waals surface area contributed by atoms with Crippen molar-refractivity contribution in [3.8, 4) is 68.3 Å². The van der Waals surface area contributed by atoms with Crippen LogP contribution in [0.1, 0.15) is 0 Å². The molecule has 0 saturated heterocycles. The highest BCUT2D eigenvalue weighted by Gasteiger charge is 2.20. The smallest absolute Gasteiger partial charge is 0.238 e. The summed E-state index contributed by atoms with van der Waals surface area (Å²) in [5, 5.41) is 4.50. The Morgan fingerprint density at radius 3 is 1.03 bits per heavy atom. The average Bonchev–Trinajstić information content (AvgIpc) is 3.87. The molecular weight excluding hydrogens is 759 g/mol. The average molecular weight is 794 g/mol. The molecule has 12 rings (SSSR count). The third-order valence-corrected chi connectivity index (χ3v) is 11.6. The van der Waals surface area contributed by atoms with Gasteiger partial charge in [-0.2, -0.15) is 9.97 Å². The van der Waals surface area contributed by atoms with Crippen molar-refractivity contribution in [3.63, 3.8) is 0 Å². The monoisotopic (exact) mass is 793 g/mol. The molecule has 0 spiro atoms. The predicted octanol–water partition coefficient (Wildman–Crippen LogP) is 13.2. The number of hydrogen-bond acceptors (Lipinski definition) is 5. The molecule has 0 saturated carbocycles. The van der Waals surface area contributed by atoms with Gasteiger partial charge in [0.15, 0.2) is 11.6 Å². The number of aromatic nitrogens is 7.